The van der Waals surface area contributed by atoms with Crippen molar-refractivity contribution in [2.45, 2.75) is 25.9 Å². The first-order chi connectivity index (χ1) is 10.9. The lowest BCUT2D eigenvalue weighted by atomic mass is 10.1. The van der Waals surface area contributed by atoms with Crippen molar-refractivity contribution >= 4 is 17.5 Å². The first kappa shape index (κ1) is 15.6. The molecular weight excluding hydrogens is 305 g/mol. The summed E-state index contributed by atoms with van der Waals surface area (Å²) < 4.78 is 39.2. The van der Waals surface area contributed by atoms with Crippen LogP contribution in [-0.2, 0) is 6.18 Å². The van der Waals surface area contributed by atoms with E-state index in [1.807, 2.05) is 11.8 Å². The van der Waals surface area contributed by atoms with Crippen LogP contribution in [0.5, 0.6) is 0 Å². The Morgan fingerprint density at radius 2 is 1.78 bits per heavy atom. The predicted octanol–water partition coefficient (Wildman–Crippen LogP) is 4.15. The zero-order chi connectivity index (χ0) is 16.4. The molecule has 23 heavy (non-hydrogen) atoms. The lowest BCUT2D eigenvalue weighted by molar-refractivity contribution is -0.136. The highest BCUT2D eigenvalue weighted by molar-refractivity contribution is 5.62. The lowest BCUT2D eigenvalue weighted by Gasteiger charge is -2.18. The fraction of sp³-hybridized carbons (Fsp3) is 0.375. The van der Waals surface area contributed by atoms with E-state index in [1.54, 1.807) is 12.1 Å². The van der Waals surface area contributed by atoms with Gasteiger partial charge in [-0.3, -0.25) is 0 Å². The van der Waals surface area contributed by atoms with E-state index in [-0.39, 0.29) is 5.69 Å². The number of aromatic nitrogens is 2. The number of hydrogen-bond donors (Lipinski definition) is 1. The van der Waals surface area contributed by atoms with Gasteiger partial charge in [-0.25, -0.2) is 4.98 Å². The van der Waals surface area contributed by atoms with Gasteiger partial charge in [0.25, 0.3) is 0 Å². The molecule has 0 unspecified atom stereocenters. The van der Waals surface area contributed by atoms with Crippen LogP contribution in [0.15, 0.2) is 30.3 Å². The highest BCUT2D eigenvalue weighted by Crippen LogP contribution is 2.35. The van der Waals surface area contributed by atoms with Gasteiger partial charge >= 0.3 is 6.18 Å². The number of alkyl halides is 3. The summed E-state index contributed by atoms with van der Waals surface area (Å²) in [6, 6.07) is 7.03. The molecule has 0 amide bonds. The minimum atomic E-state index is -4.41. The SMILES string of the molecule is Cc1cc(Nc2ccccc2C(F)(F)F)nc(N2CCCC2)n1. The summed E-state index contributed by atoms with van der Waals surface area (Å²) in [5.41, 5.74) is -0.00153. The first-order valence-corrected chi connectivity index (χ1v) is 7.47. The van der Waals surface area contributed by atoms with Crippen molar-refractivity contribution in [1.29, 1.82) is 0 Å². The zero-order valence-electron chi connectivity index (χ0n) is 12.7. The van der Waals surface area contributed by atoms with Gasteiger partial charge in [0.2, 0.25) is 5.95 Å². The normalized spacial score (nSPS) is 15.0. The van der Waals surface area contributed by atoms with Crippen molar-refractivity contribution in [2.24, 2.45) is 0 Å². The minimum absolute atomic E-state index is 0.00882. The van der Waals surface area contributed by atoms with E-state index < -0.39 is 11.7 Å². The summed E-state index contributed by atoms with van der Waals surface area (Å²) in [5, 5.41) is 2.79. The molecule has 1 saturated heterocycles. The van der Waals surface area contributed by atoms with Gasteiger partial charge in [-0.1, -0.05) is 12.1 Å². The summed E-state index contributed by atoms with van der Waals surface area (Å²) in [6.07, 6.45) is -2.25. The van der Waals surface area contributed by atoms with Gasteiger partial charge in [0.05, 0.1) is 11.3 Å². The Labute approximate surface area is 132 Å². The predicted molar refractivity (Wildman–Crippen MR) is 82.9 cm³/mol. The fourth-order valence-corrected chi connectivity index (χ4v) is 2.65. The molecule has 4 nitrogen and oxygen atoms in total. The van der Waals surface area contributed by atoms with Gasteiger partial charge in [0, 0.05) is 24.8 Å². The van der Waals surface area contributed by atoms with Crippen LogP contribution < -0.4 is 10.2 Å². The summed E-state index contributed by atoms with van der Waals surface area (Å²) in [5.74, 6) is 0.936. The number of benzene rings is 1. The largest absolute Gasteiger partial charge is 0.418 e. The van der Waals surface area contributed by atoms with Crippen molar-refractivity contribution in [1.82, 2.24) is 9.97 Å². The van der Waals surface area contributed by atoms with Gasteiger partial charge in [0.15, 0.2) is 0 Å². The second kappa shape index (κ2) is 6.06. The number of nitrogens with one attached hydrogen (secondary N) is 1. The topological polar surface area (TPSA) is 41.1 Å². The number of halogens is 3. The third-order valence-electron chi connectivity index (χ3n) is 3.73. The van der Waals surface area contributed by atoms with Gasteiger partial charge in [-0.15, -0.1) is 0 Å². The highest BCUT2D eigenvalue weighted by atomic mass is 19.4. The van der Waals surface area contributed by atoms with Crippen LogP contribution in [0.1, 0.15) is 24.1 Å². The van der Waals surface area contributed by atoms with Crippen molar-refractivity contribution in [3.8, 4) is 0 Å². The molecule has 0 radical (unpaired) electrons. The van der Waals surface area contributed by atoms with E-state index in [1.165, 1.54) is 12.1 Å². The quantitative estimate of drug-likeness (QED) is 0.922. The van der Waals surface area contributed by atoms with Crippen LogP contribution in [0.3, 0.4) is 0 Å². The van der Waals surface area contributed by atoms with Crippen LogP contribution in [0.25, 0.3) is 0 Å². The molecule has 1 aromatic heterocycles. The molecule has 0 aliphatic carbocycles. The number of para-hydroxylation sites is 1. The standard InChI is InChI=1S/C16H17F3N4/c1-11-10-14(22-15(20-11)23-8-4-5-9-23)21-13-7-3-2-6-12(13)16(17,18)19/h2-3,6-7,10H,4-5,8-9H2,1H3,(H,20,21,22). The lowest BCUT2D eigenvalue weighted by Crippen LogP contribution is -2.21. The minimum Gasteiger partial charge on any atom is -0.341 e. The molecular formula is C16H17F3N4. The van der Waals surface area contributed by atoms with Crippen LogP contribution in [0.4, 0.5) is 30.6 Å². The van der Waals surface area contributed by atoms with Gasteiger partial charge < -0.3 is 10.2 Å². The Hall–Kier alpha value is -2.31. The first-order valence-electron chi connectivity index (χ1n) is 7.47. The van der Waals surface area contributed by atoms with Gasteiger partial charge in [-0.05, 0) is 31.9 Å². The molecule has 0 spiro atoms. The average Bonchev–Trinajstić information content (AvgIpc) is 3.00. The smallest absolute Gasteiger partial charge is 0.341 e. The molecule has 1 aliphatic rings. The Kier molecular flexibility index (Phi) is 4.11. The molecule has 7 heteroatoms. The van der Waals surface area contributed by atoms with E-state index in [2.05, 4.69) is 15.3 Å². The van der Waals surface area contributed by atoms with E-state index in [0.29, 0.717) is 17.5 Å². The van der Waals surface area contributed by atoms with Crippen LogP contribution in [0.2, 0.25) is 0 Å². The van der Waals surface area contributed by atoms with Crippen molar-refractivity contribution in [3.63, 3.8) is 0 Å². The molecule has 122 valence electrons. The molecule has 1 aromatic carbocycles. The fourth-order valence-electron chi connectivity index (χ4n) is 2.65. The number of aryl methyl sites for hydroxylation is 1. The van der Waals surface area contributed by atoms with E-state index >= 15 is 0 Å². The second-order valence-corrected chi connectivity index (χ2v) is 5.56. The summed E-state index contributed by atoms with van der Waals surface area (Å²) in [4.78, 5) is 10.8. The highest BCUT2D eigenvalue weighted by Gasteiger charge is 2.33. The van der Waals surface area contributed by atoms with Crippen LogP contribution in [0, 0.1) is 6.92 Å². The summed E-state index contributed by atoms with van der Waals surface area (Å²) in [6.45, 7) is 3.56. The molecule has 1 fully saturated rings. The maximum Gasteiger partial charge on any atom is 0.418 e. The number of anilines is 3. The van der Waals surface area contributed by atoms with Crippen LogP contribution in [-0.4, -0.2) is 23.1 Å². The monoisotopic (exact) mass is 322 g/mol. The molecule has 1 aliphatic heterocycles. The molecule has 0 atom stereocenters. The van der Waals surface area contributed by atoms with Gasteiger partial charge in [-0.2, -0.15) is 18.2 Å². The molecule has 3 rings (SSSR count). The summed E-state index contributed by atoms with van der Waals surface area (Å²) in [7, 11) is 0. The molecule has 1 N–H and O–H groups in total. The van der Waals surface area contributed by atoms with Crippen molar-refractivity contribution in [2.75, 3.05) is 23.3 Å². The second-order valence-electron chi connectivity index (χ2n) is 5.56. The molecule has 2 aromatic rings. The Balaban J connectivity index is 1.92. The number of hydrogen-bond acceptors (Lipinski definition) is 4. The van der Waals surface area contributed by atoms with E-state index in [4.69, 9.17) is 0 Å². The number of rotatable bonds is 3. The summed E-state index contributed by atoms with van der Waals surface area (Å²) >= 11 is 0. The zero-order valence-corrected chi connectivity index (χ0v) is 12.7. The van der Waals surface area contributed by atoms with E-state index in [0.717, 1.165) is 32.0 Å². The van der Waals surface area contributed by atoms with Crippen molar-refractivity contribution in [3.05, 3.63) is 41.6 Å². The Morgan fingerprint density at radius 1 is 1.09 bits per heavy atom. The number of nitrogens with zero attached hydrogens (tertiary/aromatic N) is 3. The van der Waals surface area contributed by atoms with E-state index in [9.17, 15) is 13.2 Å². The Morgan fingerprint density at radius 3 is 2.48 bits per heavy atom. The van der Waals surface area contributed by atoms with Gasteiger partial charge in [0.1, 0.15) is 5.82 Å². The molecule has 2 heterocycles. The molecule has 0 saturated carbocycles. The Bertz CT molecular complexity index is 694. The van der Waals surface area contributed by atoms with Crippen molar-refractivity contribution < 1.29 is 13.2 Å². The third kappa shape index (κ3) is 3.55. The average molecular weight is 322 g/mol. The third-order valence-corrected chi connectivity index (χ3v) is 3.73. The maximum absolute atomic E-state index is 13.1. The molecule has 0 bridgehead atoms. The maximum atomic E-state index is 13.1. The van der Waals surface area contributed by atoms with Crippen LogP contribution >= 0.6 is 0 Å².